The Balaban J connectivity index is 1.46. The van der Waals surface area contributed by atoms with Gasteiger partial charge in [0.05, 0.1) is 29.1 Å². The van der Waals surface area contributed by atoms with Crippen LogP contribution in [-0.4, -0.2) is 38.2 Å². The molecule has 7 heteroatoms. The zero-order valence-electron chi connectivity index (χ0n) is 16.8. The predicted octanol–water partition coefficient (Wildman–Crippen LogP) is 4.77. The molecule has 0 spiro atoms. The Morgan fingerprint density at radius 1 is 0.903 bits per heavy atom. The van der Waals surface area contributed by atoms with E-state index in [0.717, 1.165) is 75.9 Å². The lowest BCUT2D eigenvalue weighted by Crippen LogP contribution is -2.27. The van der Waals surface area contributed by atoms with Crippen LogP contribution in [0.4, 0.5) is 4.39 Å². The standard InChI is InChI=1S/C24H21FN6/c25-16-3-1-14(2-4-16)19-11-27-12-22-17(19)9-21(29-22)24-18-10-20(15-5-7-26-8-6-15)28-13-23(18)30-31-24/h1-4,9-13,15,26,29H,5-8H2,(H,30,31). The van der Waals surface area contributed by atoms with Crippen molar-refractivity contribution in [2.75, 3.05) is 13.1 Å². The third kappa shape index (κ3) is 3.18. The summed E-state index contributed by atoms with van der Waals surface area (Å²) in [5.41, 5.74) is 6.63. The van der Waals surface area contributed by atoms with Gasteiger partial charge in [-0.1, -0.05) is 12.1 Å². The molecule has 1 fully saturated rings. The summed E-state index contributed by atoms with van der Waals surface area (Å²) >= 11 is 0. The van der Waals surface area contributed by atoms with Crippen molar-refractivity contribution in [2.45, 2.75) is 18.8 Å². The predicted molar refractivity (Wildman–Crippen MR) is 119 cm³/mol. The van der Waals surface area contributed by atoms with Crippen molar-refractivity contribution in [3.63, 3.8) is 0 Å². The number of hydrogen-bond donors (Lipinski definition) is 3. The highest BCUT2D eigenvalue weighted by molar-refractivity contribution is 6.00. The average molecular weight is 412 g/mol. The molecule has 1 aromatic carbocycles. The van der Waals surface area contributed by atoms with Crippen LogP contribution in [0.25, 0.3) is 44.3 Å². The quantitative estimate of drug-likeness (QED) is 0.399. The molecule has 0 amide bonds. The third-order valence-corrected chi connectivity index (χ3v) is 6.18. The van der Waals surface area contributed by atoms with Crippen molar-refractivity contribution in [3.05, 3.63) is 66.5 Å². The first kappa shape index (κ1) is 18.2. The van der Waals surface area contributed by atoms with Crippen LogP contribution in [0.5, 0.6) is 0 Å². The lowest BCUT2D eigenvalue weighted by molar-refractivity contribution is 0.453. The molecule has 1 aliphatic rings. The molecule has 4 aromatic heterocycles. The van der Waals surface area contributed by atoms with Gasteiger partial charge in [0.15, 0.2) is 0 Å². The number of benzene rings is 1. The van der Waals surface area contributed by atoms with E-state index in [2.05, 4.69) is 37.6 Å². The van der Waals surface area contributed by atoms with E-state index < -0.39 is 0 Å². The van der Waals surface area contributed by atoms with Crippen molar-refractivity contribution in [2.24, 2.45) is 0 Å². The van der Waals surface area contributed by atoms with Crippen LogP contribution in [0.2, 0.25) is 0 Å². The van der Waals surface area contributed by atoms with E-state index in [1.807, 2.05) is 18.6 Å². The maximum atomic E-state index is 13.4. The van der Waals surface area contributed by atoms with E-state index in [4.69, 9.17) is 4.98 Å². The van der Waals surface area contributed by atoms with E-state index in [9.17, 15) is 4.39 Å². The Kier molecular flexibility index (Phi) is 4.28. The van der Waals surface area contributed by atoms with E-state index >= 15 is 0 Å². The van der Waals surface area contributed by atoms with Crippen LogP contribution < -0.4 is 5.32 Å². The lowest BCUT2D eigenvalue weighted by atomic mass is 9.93. The number of nitrogens with zero attached hydrogens (tertiary/aromatic N) is 3. The first-order valence-corrected chi connectivity index (χ1v) is 10.5. The average Bonchev–Trinajstić information content (AvgIpc) is 3.43. The van der Waals surface area contributed by atoms with E-state index in [-0.39, 0.29) is 5.82 Å². The number of aromatic amines is 2. The van der Waals surface area contributed by atoms with Gasteiger partial charge in [-0.25, -0.2) is 4.39 Å². The van der Waals surface area contributed by atoms with Crippen molar-refractivity contribution in [3.8, 4) is 22.5 Å². The smallest absolute Gasteiger partial charge is 0.123 e. The molecule has 0 radical (unpaired) electrons. The molecule has 31 heavy (non-hydrogen) atoms. The zero-order chi connectivity index (χ0) is 20.8. The Bertz CT molecular complexity index is 1380. The van der Waals surface area contributed by atoms with Crippen LogP contribution in [0.3, 0.4) is 0 Å². The molecule has 1 saturated heterocycles. The zero-order valence-corrected chi connectivity index (χ0v) is 16.8. The summed E-state index contributed by atoms with van der Waals surface area (Å²) in [4.78, 5) is 12.5. The number of rotatable bonds is 3. The van der Waals surface area contributed by atoms with Gasteiger partial charge in [-0.2, -0.15) is 5.10 Å². The molecule has 0 unspecified atom stereocenters. The van der Waals surface area contributed by atoms with Crippen molar-refractivity contribution < 1.29 is 4.39 Å². The number of H-pyrrole nitrogens is 2. The Morgan fingerprint density at radius 3 is 2.58 bits per heavy atom. The van der Waals surface area contributed by atoms with Crippen molar-refractivity contribution in [1.82, 2.24) is 30.5 Å². The van der Waals surface area contributed by atoms with Gasteiger partial charge in [0.25, 0.3) is 0 Å². The summed E-state index contributed by atoms with van der Waals surface area (Å²) in [5.74, 6) is 0.227. The van der Waals surface area contributed by atoms with Gasteiger partial charge in [-0.3, -0.25) is 15.1 Å². The van der Waals surface area contributed by atoms with Gasteiger partial charge < -0.3 is 10.3 Å². The summed E-state index contributed by atoms with van der Waals surface area (Å²) in [6, 6.07) is 10.8. The molecule has 5 heterocycles. The Morgan fingerprint density at radius 2 is 1.74 bits per heavy atom. The minimum Gasteiger partial charge on any atom is -0.352 e. The molecule has 0 aliphatic carbocycles. The largest absolute Gasteiger partial charge is 0.352 e. The molecule has 0 bridgehead atoms. The molecule has 0 saturated carbocycles. The minimum atomic E-state index is -0.250. The lowest BCUT2D eigenvalue weighted by Gasteiger charge is -2.22. The molecular formula is C24H21FN6. The molecule has 6 nitrogen and oxygen atoms in total. The maximum absolute atomic E-state index is 13.4. The molecule has 3 N–H and O–H groups in total. The van der Waals surface area contributed by atoms with Crippen LogP contribution in [0.1, 0.15) is 24.5 Å². The second kappa shape index (κ2) is 7.28. The highest BCUT2D eigenvalue weighted by atomic mass is 19.1. The van der Waals surface area contributed by atoms with Crippen LogP contribution in [0, 0.1) is 5.82 Å². The van der Waals surface area contributed by atoms with Gasteiger partial charge in [-0.15, -0.1) is 0 Å². The number of nitrogens with one attached hydrogen (secondary N) is 3. The number of fused-ring (bicyclic) bond motifs is 2. The molecule has 1 aliphatic heterocycles. The van der Waals surface area contributed by atoms with Crippen molar-refractivity contribution in [1.29, 1.82) is 0 Å². The maximum Gasteiger partial charge on any atom is 0.123 e. The van der Waals surface area contributed by atoms with Crippen LogP contribution >= 0.6 is 0 Å². The van der Waals surface area contributed by atoms with E-state index in [0.29, 0.717) is 5.92 Å². The molecular weight excluding hydrogens is 391 g/mol. The van der Waals surface area contributed by atoms with Crippen LogP contribution in [-0.2, 0) is 0 Å². The fourth-order valence-corrected chi connectivity index (χ4v) is 4.52. The summed E-state index contributed by atoms with van der Waals surface area (Å²) in [6.07, 6.45) is 7.71. The number of hydrogen-bond acceptors (Lipinski definition) is 4. The minimum absolute atomic E-state index is 0.250. The number of halogens is 1. The Labute approximate surface area is 177 Å². The first-order valence-electron chi connectivity index (χ1n) is 10.5. The van der Waals surface area contributed by atoms with Crippen LogP contribution in [0.15, 0.2) is 55.0 Å². The van der Waals surface area contributed by atoms with Crippen molar-refractivity contribution >= 4 is 21.8 Å². The van der Waals surface area contributed by atoms with Gasteiger partial charge in [0.1, 0.15) is 11.5 Å². The van der Waals surface area contributed by atoms with E-state index in [1.54, 1.807) is 12.1 Å². The molecule has 0 atom stereocenters. The second-order valence-corrected chi connectivity index (χ2v) is 8.09. The summed E-state index contributed by atoms with van der Waals surface area (Å²) in [7, 11) is 0. The fourth-order valence-electron chi connectivity index (χ4n) is 4.52. The number of aromatic nitrogens is 5. The second-order valence-electron chi connectivity index (χ2n) is 8.09. The highest BCUT2D eigenvalue weighted by Gasteiger charge is 2.19. The first-order chi connectivity index (χ1) is 15.3. The normalized spacial score (nSPS) is 15.1. The number of pyridine rings is 2. The van der Waals surface area contributed by atoms with Gasteiger partial charge in [0, 0.05) is 34.1 Å². The third-order valence-electron chi connectivity index (χ3n) is 6.18. The fraction of sp³-hybridized carbons (Fsp3) is 0.208. The van der Waals surface area contributed by atoms with Gasteiger partial charge >= 0.3 is 0 Å². The molecule has 154 valence electrons. The highest BCUT2D eigenvalue weighted by Crippen LogP contribution is 2.34. The van der Waals surface area contributed by atoms with Gasteiger partial charge in [-0.05, 0) is 55.8 Å². The SMILES string of the molecule is Fc1ccc(-c2cncc3[nH]c(-c4n[nH]c5cnc(C6CCNCC6)cc45)cc23)cc1. The number of piperidine rings is 1. The molecule has 6 rings (SSSR count). The monoisotopic (exact) mass is 412 g/mol. The summed E-state index contributed by atoms with van der Waals surface area (Å²) in [5, 5.41) is 13.2. The molecule has 5 aromatic rings. The summed E-state index contributed by atoms with van der Waals surface area (Å²) in [6.45, 7) is 2.06. The Hall–Kier alpha value is -3.58. The summed E-state index contributed by atoms with van der Waals surface area (Å²) < 4.78 is 13.4. The van der Waals surface area contributed by atoms with Gasteiger partial charge in [0.2, 0.25) is 0 Å². The topological polar surface area (TPSA) is 82.3 Å². The van der Waals surface area contributed by atoms with E-state index in [1.165, 1.54) is 12.1 Å².